The molecule has 4 heterocycles. The van der Waals surface area contributed by atoms with Crippen LogP contribution in [0.1, 0.15) is 42.1 Å². The van der Waals surface area contributed by atoms with E-state index in [-0.39, 0.29) is 11.1 Å². The van der Waals surface area contributed by atoms with Crippen LogP contribution in [0.5, 0.6) is 0 Å². The van der Waals surface area contributed by atoms with Gasteiger partial charge >= 0.3 is 0 Å². The summed E-state index contributed by atoms with van der Waals surface area (Å²) in [5.41, 5.74) is 3.06. The quantitative estimate of drug-likeness (QED) is 0.353. The molecule has 6 nitrogen and oxygen atoms in total. The molecule has 4 rings (SSSR count). The number of thioether (sulfide) groups is 1. The summed E-state index contributed by atoms with van der Waals surface area (Å²) in [5, 5.41) is 1.27. The molecule has 1 unspecified atom stereocenters. The molecule has 8 heteroatoms. The summed E-state index contributed by atoms with van der Waals surface area (Å²) in [6.45, 7) is 8.31. The van der Waals surface area contributed by atoms with Crippen LogP contribution in [0, 0.1) is 19.8 Å². The molecular weight excluding hydrogens is 416 g/mol. The topological polar surface area (TPSA) is 80.1 Å². The van der Waals surface area contributed by atoms with Gasteiger partial charge in [0.1, 0.15) is 10.5 Å². The minimum Gasteiger partial charge on any atom is -0.301 e. The van der Waals surface area contributed by atoms with Crippen LogP contribution in [0.2, 0.25) is 0 Å². The molecule has 0 bridgehead atoms. The maximum atomic E-state index is 12.8. The molecule has 0 spiro atoms. The average molecular weight is 441 g/mol. The Balaban J connectivity index is 1.63. The predicted molar refractivity (Wildman–Crippen MR) is 124 cm³/mol. The van der Waals surface area contributed by atoms with Gasteiger partial charge in [-0.3, -0.25) is 14.0 Å². The van der Waals surface area contributed by atoms with E-state index >= 15 is 0 Å². The van der Waals surface area contributed by atoms with Gasteiger partial charge in [-0.1, -0.05) is 38.1 Å². The first kappa shape index (κ1) is 20.8. The SMILES string of the molecule is CCC(C)Cc1c(C)sc2nc(SCc3cc(=O)n4c(C)cccc4n3)[nH]c(=O)c12. The lowest BCUT2D eigenvalue weighted by atomic mass is 9.98. The Bertz CT molecular complexity index is 1350. The molecule has 156 valence electrons. The molecule has 0 amide bonds. The van der Waals surface area contributed by atoms with Gasteiger partial charge in [0, 0.05) is 22.4 Å². The van der Waals surface area contributed by atoms with Gasteiger partial charge in [0.15, 0.2) is 5.16 Å². The number of nitrogens with one attached hydrogen (secondary N) is 1. The summed E-state index contributed by atoms with van der Waals surface area (Å²) >= 11 is 2.96. The van der Waals surface area contributed by atoms with Gasteiger partial charge in [0.05, 0.1) is 11.1 Å². The lowest BCUT2D eigenvalue weighted by Gasteiger charge is -2.08. The van der Waals surface area contributed by atoms with Crippen molar-refractivity contribution in [3.05, 3.63) is 66.8 Å². The number of aryl methyl sites for hydroxylation is 2. The van der Waals surface area contributed by atoms with Crippen molar-refractivity contribution in [1.29, 1.82) is 0 Å². The first-order valence-corrected chi connectivity index (χ1v) is 11.8. The fourth-order valence-electron chi connectivity index (χ4n) is 3.54. The molecule has 1 atom stereocenters. The largest absolute Gasteiger partial charge is 0.301 e. The second-order valence-electron chi connectivity index (χ2n) is 7.64. The Kier molecular flexibility index (Phi) is 5.79. The molecule has 0 radical (unpaired) electrons. The van der Waals surface area contributed by atoms with Crippen molar-refractivity contribution in [2.45, 2.75) is 51.4 Å². The van der Waals surface area contributed by atoms with Gasteiger partial charge in [-0.15, -0.1) is 11.3 Å². The van der Waals surface area contributed by atoms with Crippen LogP contribution in [-0.4, -0.2) is 19.4 Å². The summed E-state index contributed by atoms with van der Waals surface area (Å²) in [6, 6.07) is 7.13. The number of hydrogen-bond donors (Lipinski definition) is 1. The lowest BCUT2D eigenvalue weighted by Crippen LogP contribution is -2.17. The van der Waals surface area contributed by atoms with E-state index in [9.17, 15) is 9.59 Å². The number of fused-ring (bicyclic) bond motifs is 2. The monoisotopic (exact) mass is 440 g/mol. The van der Waals surface area contributed by atoms with Gasteiger partial charge in [-0.05, 0) is 43.9 Å². The smallest absolute Gasteiger partial charge is 0.260 e. The van der Waals surface area contributed by atoms with E-state index in [4.69, 9.17) is 0 Å². The Morgan fingerprint density at radius 1 is 1.23 bits per heavy atom. The molecule has 0 aliphatic heterocycles. The number of hydrogen-bond acceptors (Lipinski definition) is 6. The van der Waals surface area contributed by atoms with Gasteiger partial charge < -0.3 is 4.98 Å². The molecule has 0 aliphatic carbocycles. The highest BCUT2D eigenvalue weighted by Gasteiger charge is 2.17. The normalized spacial score (nSPS) is 12.7. The molecule has 0 fully saturated rings. The Labute approximate surface area is 182 Å². The van der Waals surface area contributed by atoms with E-state index in [2.05, 4.69) is 35.7 Å². The van der Waals surface area contributed by atoms with Crippen molar-refractivity contribution < 1.29 is 0 Å². The summed E-state index contributed by atoms with van der Waals surface area (Å²) in [6.07, 6.45) is 1.97. The fraction of sp³-hybridized carbons (Fsp3) is 0.364. The number of H-pyrrole nitrogens is 1. The number of aromatic amines is 1. The molecule has 0 saturated carbocycles. The summed E-state index contributed by atoms with van der Waals surface area (Å²) in [5.74, 6) is 0.981. The van der Waals surface area contributed by atoms with E-state index in [0.29, 0.717) is 28.2 Å². The van der Waals surface area contributed by atoms with Crippen LogP contribution in [-0.2, 0) is 12.2 Å². The fourth-order valence-corrected chi connectivity index (χ4v) is 5.41. The molecule has 4 aromatic rings. The molecular formula is C22H24N4O2S2. The van der Waals surface area contributed by atoms with Crippen LogP contribution in [0.25, 0.3) is 15.9 Å². The summed E-state index contributed by atoms with van der Waals surface area (Å²) < 4.78 is 1.59. The highest BCUT2D eigenvalue weighted by Crippen LogP contribution is 2.31. The molecule has 0 saturated heterocycles. The number of pyridine rings is 1. The highest BCUT2D eigenvalue weighted by molar-refractivity contribution is 7.98. The Morgan fingerprint density at radius 3 is 2.80 bits per heavy atom. The average Bonchev–Trinajstić information content (AvgIpc) is 3.01. The standard InChI is InChI=1S/C22H24N4O2S2/c1-5-12(2)9-16-14(4)30-21-19(16)20(28)24-22(25-21)29-11-15-10-18(27)26-13(3)7-6-8-17(26)23-15/h6-8,10,12H,5,9,11H2,1-4H3,(H,24,25,28). The Morgan fingerprint density at radius 2 is 2.03 bits per heavy atom. The third kappa shape index (κ3) is 3.94. The van der Waals surface area contributed by atoms with Crippen molar-refractivity contribution in [3.63, 3.8) is 0 Å². The van der Waals surface area contributed by atoms with Crippen molar-refractivity contribution >= 4 is 39.0 Å². The number of thiophene rings is 1. The lowest BCUT2D eigenvalue weighted by molar-refractivity contribution is 0.561. The van der Waals surface area contributed by atoms with Gasteiger partial charge in [0.2, 0.25) is 0 Å². The van der Waals surface area contributed by atoms with Crippen LogP contribution in [0.15, 0.2) is 39.0 Å². The second kappa shape index (κ2) is 8.35. The van der Waals surface area contributed by atoms with Crippen molar-refractivity contribution in [2.75, 3.05) is 0 Å². The first-order chi connectivity index (χ1) is 14.4. The van der Waals surface area contributed by atoms with E-state index in [1.165, 1.54) is 11.8 Å². The minimum absolute atomic E-state index is 0.0904. The maximum absolute atomic E-state index is 12.8. The highest BCUT2D eigenvalue weighted by atomic mass is 32.2. The zero-order valence-electron chi connectivity index (χ0n) is 17.5. The zero-order valence-corrected chi connectivity index (χ0v) is 19.1. The predicted octanol–water partition coefficient (Wildman–Crippen LogP) is 4.49. The summed E-state index contributed by atoms with van der Waals surface area (Å²) in [7, 11) is 0. The number of rotatable bonds is 6. The molecule has 1 N–H and O–H groups in total. The zero-order chi connectivity index (χ0) is 21.4. The number of aromatic nitrogens is 4. The van der Waals surface area contributed by atoms with E-state index in [1.807, 2.05) is 25.1 Å². The number of nitrogens with zero attached hydrogens (tertiary/aromatic N) is 3. The van der Waals surface area contributed by atoms with Crippen LogP contribution in [0.4, 0.5) is 0 Å². The minimum atomic E-state index is -0.103. The molecule has 4 aromatic heterocycles. The van der Waals surface area contributed by atoms with Crippen molar-refractivity contribution in [1.82, 2.24) is 19.4 Å². The third-order valence-electron chi connectivity index (χ3n) is 5.38. The molecule has 30 heavy (non-hydrogen) atoms. The second-order valence-corrected chi connectivity index (χ2v) is 9.81. The van der Waals surface area contributed by atoms with Gasteiger partial charge in [-0.25, -0.2) is 9.97 Å². The van der Waals surface area contributed by atoms with Gasteiger partial charge in [0.25, 0.3) is 11.1 Å². The summed E-state index contributed by atoms with van der Waals surface area (Å²) in [4.78, 5) is 39.4. The van der Waals surface area contributed by atoms with Crippen LogP contribution >= 0.6 is 23.1 Å². The van der Waals surface area contributed by atoms with Crippen LogP contribution < -0.4 is 11.1 Å². The third-order valence-corrected chi connectivity index (χ3v) is 7.33. The van der Waals surface area contributed by atoms with E-state index in [1.54, 1.807) is 21.8 Å². The van der Waals surface area contributed by atoms with Crippen molar-refractivity contribution in [2.24, 2.45) is 5.92 Å². The van der Waals surface area contributed by atoms with E-state index in [0.717, 1.165) is 39.2 Å². The Hall–Kier alpha value is -2.45. The maximum Gasteiger partial charge on any atom is 0.260 e. The van der Waals surface area contributed by atoms with Crippen LogP contribution in [0.3, 0.4) is 0 Å². The molecule has 0 aromatic carbocycles. The van der Waals surface area contributed by atoms with Crippen molar-refractivity contribution in [3.8, 4) is 0 Å². The van der Waals surface area contributed by atoms with Gasteiger partial charge in [-0.2, -0.15) is 0 Å². The first-order valence-electron chi connectivity index (χ1n) is 10.0. The molecule has 0 aliphatic rings. The van der Waals surface area contributed by atoms with E-state index < -0.39 is 0 Å².